The molecule has 24 heavy (non-hydrogen) atoms. The molecule has 0 atom stereocenters. The lowest BCUT2D eigenvalue weighted by atomic mass is 10.1. The van der Waals surface area contributed by atoms with E-state index >= 15 is 0 Å². The third kappa shape index (κ3) is 4.56. The lowest BCUT2D eigenvalue weighted by molar-refractivity contribution is -0.133. The largest absolute Gasteiger partial charge is 0.495 e. The maximum Gasteiger partial charge on any atom is 0.252 e. The van der Waals surface area contributed by atoms with Gasteiger partial charge in [-0.05, 0) is 29.8 Å². The second-order valence-corrected chi connectivity index (χ2v) is 5.91. The third-order valence-electron chi connectivity index (χ3n) is 3.34. The van der Waals surface area contributed by atoms with Crippen molar-refractivity contribution >= 4 is 33.4 Å². The van der Waals surface area contributed by atoms with E-state index in [2.05, 4.69) is 15.9 Å². The molecular formula is C17H17BrN2O4. The molecule has 0 saturated heterocycles. The summed E-state index contributed by atoms with van der Waals surface area (Å²) in [6.45, 7) is 0.261. The highest BCUT2D eigenvalue weighted by Gasteiger charge is 2.22. The number of amides is 2. The second-order valence-electron chi connectivity index (χ2n) is 4.99. The summed E-state index contributed by atoms with van der Waals surface area (Å²) >= 11 is 3.40. The molecule has 0 aliphatic rings. The minimum atomic E-state index is -0.769. The average Bonchev–Trinajstić information content (AvgIpc) is 2.59. The number of benzene rings is 2. The standard InChI is InChI=1S/C17H17BrN2O4/c1-24-15-8-3-2-7-14(15)20(17(22)10-16(21)19-23)11-12-5-4-6-13(18)9-12/h2-9,23H,10-11H2,1H3,(H,19,21). The first-order valence-corrected chi connectivity index (χ1v) is 7.95. The van der Waals surface area contributed by atoms with Crippen molar-refractivity contribution in [2.24, 2.45) is 0 Å². The van der Waals surface area contributed by atoms with E-state index in [9.17, 15) is 9.59 Å². The van der Waals surface area contributed by atoms with Crippen LogP contribution >= 0.6 is 15.9 Å². The van der Waals surface area contributed by atoms with Crippen LogP contribution in [0.15, 0.2) is 53.0 Å². The van der Waals surface area contributed by atoms with Crippen LogP contribution in [0.4, 0.5) is 5.69 Å². The number of hydrogen-bond acceptors (Lipinski definition) is 4. The van der Waals surface area contributed by atoms with Gasteiger partial charge >= 0.3 is 0 Å². The molecule has 6 nitrogen and oxygen atoms in total. The molecule has 0 aliphatic carbocycles. The molecule has 0 saturated carbocycles. The van der Waals surface area contributed by atoms with E-state index in [1.165, 1.54) is 17.5 Å². The summed E-state index contributed by atoms with van der Waals surface area (Å²) < 4.78 is 6.21. The average molecular weight is 393 g/mol. The second kappa shape index (κ2) is 8.47. The number of nitrogens with zero attached hydrogens (tertiary/aromatic N) is 1. The number of anilines is 1. The smallest absolute Gasteiger partial charge is 0.252 e. The summed E-state index contributed by atoms with van der Waals surface area (Å²) in [5.74, 6) is -0.703. The maximum absolute atomic E-state index is 12.6. The van der Waals surface area contributed by atoms with Crippen LogP contribution in [0.2, 0.25) is 0 Å². The Morgan fingerprint density at radius 2 is 1.96 bits per heavy atom. The van der Waals surface area contributed by atoms with Crippen molar-refractivity contribution in [2.75, 3.05) is 12.0 Å². The Balaban J connectivity index is 2.37. The van der Waals surface area contributed by atoms with Gasteiger partial charge in [-0.2, -0.15) is 0 Å². The van der Waals surface area contributed by atoms with Gasteiger partial charge < -0.3 is 9.64 Å². The Labute approximate surface area is 148 Å². The number of ether oxygens (including phenoxy) is 1. The van der Waals surface area contributed by atoms with E-state index in [-0.39, 0.29) is 6.54 Å². The molecule has 0 unspecified atom stereocenters. The first-order valence-electron chi connectivity index (χ1n) is 7.16. The van der Waals surface area contributed by atoms with Crippen LogP contribution in [0, 0.1) is 0 Å². The zero-order chi connectivity index (χ0) is 17.5. The molecule has 0 heterocycles. The minimum Gasteiger partial charge on any atom is -0.495 e. The topological polar surface area (TPSA) is 78.9 Å². The van der Waals surface area contributed by atoms with Gasteiger partial charge in [-0.3, -0.25) is 14.8 Å². The molecule has 0 bridgehead atoms. The van der Waals surface area contributed by atoms with Crippen LogP contribution < -0.4 is 15.1 Å². The number of hydrogen-bond donors (Lipinski definition) is 2. The van der Waals surface area contributed by atoms with Gasteiger partial charge in [0.15, 0.2) is 0 Å². The maximum atomic E-state index is 12.6. The zero-order valence-electron chi connectivity index (χ0n) is 13.0. The van der Waals surface area contributed by atoms with E-state index in [1.807, 2.05) is 24.3 Å². The fraction of sp³-hybridized carbons (Fsp3) is 0.176. The van der Waals surface area contributed by atoms with E-state index in [4.69, 9.17) is 9.94 Å². The van der Waals surface area contributed by atoms with Gasteiger partial charge in [-0.1, -0.05) is 40.2 Å². The van der Waals surface area contributed by atoms with E-state index < -0.39 is 18.2 Å². The normalized spacial score (nSPS) is 10.1. The number of rotatable bonds is 6. The number of carbonyl (C=O) groups excluding carboxylic acids is 2. The van der Waals surface area contributed by atoms with Crippen molar-refractivity contribution in [3.63, 3.8) is 0 Å². The molecule has 7 heteroatoms. The predicted molar refractivity (Wildman–Crippen MR) is 92.9 cm³/mol. The molecule has 2 aromatic rings. The molecule has 0 aromatic heterocycles. The Bertz CT molecular complexity index is 736. The summed E-state index contributed by atoms with van der Waals surface area (Å²) in [6.07, 6.45) is -0.470. The van der Waals surface area contributed by atoms with Crippen LogP contribution in [0.5, 0.6) is 5.75 Å². The number of halogens is 1. The molecule has 2 rings (SSSR count). The van der Waals surface area contributed by atoms with Crippen LogP contribution in [0.3, 0.4) is 0 Å². The quantitative estimate of drug-likeness (QED) is 0.450. The van der Waals surface area contributed by atoms with Crippen molar-refractivity contribution in [3.05, 3.63) is 58.6 Å². The van der Waals surface area contributed by atoms with E-state index in [0.717, 1.165) is 10.0 Å². The van der Waals surface area contributed by atoms with Gasteiger partial charge in [-0.25, -0.2) is 5.48 Å². The number of methoxy groups -OCH3 is 1. The fourth-order valence-electron chi connectivity index (χ4n) is 2.25. The van der Waals surface area contributed by atoms with E-state index in [1.54, 1.807) is 24.3 Å². The van der Waals surface area contributed by atoms with Gasteiger partial charge in [-0.15, -0.1) is 0 Å². The third-order valence-corrected chi connectivity index (χ3v) is 3.84. The lowest BCUT2D eigenvalue weighted by Gasteiger charge is -2.24. The van der Waals surface area contributed by atoms with Crippen LogP contribution in [-0.4, -0.2) is 24.1 Å². The summed E-state index contributed by atoms with van der Waals surface area (Å²) in [6, 6.07) is 14.6. The number of para-hydroxylation sites is 2. The zero-order valence-corrected chi connectivity index (χ0v) is 14.6. The molecule has 0 aliphatic heterocycles. The summed E-state index contributed by atoms with van der Waals surface area (Å²) in [7, 11) is 1.51. The highest BCUT2D eigenvalue weighted by molar-refractivity contribution is 9.10. The molecule has 0 radical (unpaired) electrons. The van der Waals surface area contributed by atoms with Gasteiger partial charge in [0.1, 0.15) is 12.2 Å². The molecule has 0 fully saturated rings. The highest BCUT2D eigenvalue weighted by atomic mass is 79.9. The summed E-state index contributed by atoms with van der Waals surface area (Å²) in [5.41, 5.74) is 2.91. The van der Waals surface area contributed by atoms with Crippen molar-refractivity contribution in [3.8, 4) is 5.75 Å². The van der Waals surface area contributed by atoms with Gasteiger partial charge in [0.05, 0.1) is 19.3 Å². The number of hydroxylamine groups is 1. The SMILES string of the molecule is COc1ccccc1N(Cc1cccc(Br)c1)C(=O)CC(=O)NO. The minimum absolute atomic E-state index is 0.261. The first kappa shape index (κ1) is 18.0. The Kier molecular flexibility index (Phi) is 6.34. The van der Waals surface area contributed by atoms with E-state index in [0.29, 0.717) is 11.4 Å². The van der Waals surface area contributed by atoms with Crippen molar-refractivity contribution < 1.29 is 19.5 Å². The molecule has 2 aromatic carbocycles. The van der Waals surface area contributed by atoms with Crippen LogP contribution in [-0.2, 0) is 16.1 Å². The molecule has 2 N–H and O–H groups in total. The molecule has 0 spiro atoms. The van der Waals surface area contributed by atoms with Gasteiger partial charge in [0, 0.05) is 4.47 Å². The lowest BCUT2D eigenvalue weighted by Crippen LogP contribution is -2.35. The Hall–Kier alpha value is -2.38. The van der Waals surface area contributed by atoms with Crippen molar-refractivity contribution in [1.82, 2.24) is 5.48 Å². The molecular weight excluding hydrogens is 376 g/mol. The Morgan fingerprint density at radius 1 is 1.21 bits per heavy atom. The molecule has 2 amide bonds. The van der Waals surface area contributed by atoms with Gasteiger partial charge in [0.2, 0.25) is 5.91 Å². The summed E-state index contributed by atoms with van der Waals surface area (Å²) in [5, 5.41) is 8.66. The monoisotopic (exact) mass is 392 g/mol. The number of carbonyl (C=O) groups is 2. The van der Waals surface area contributed by atoms with Crippen molar-refractivity contribution in [2.45, 2.75) is 13.0 Å². The highest BCUT2D eigenvalue weighted by Crippen LogP contribution is 2.30. The fourth-order valence-corrected chi connectivity index (χ4v) is 2.70. The first-order chi connectivity index (χ1) is 11.5. The number of nitrogens with one attached hydrogen (secondary N) is 1. The predicted octanol–water partition coefficient (Wildman–Crippen LogP) is 2.89. The molecule has 126 valence electrons. The Morgan fingerprint density at radius 3 is 2.62 bits per heavy atom. The summed E-state index contributed by atoms with van der Waals surface area (Å²) in [4.78, 5) is 25.4. The van der Waals surface area contributed by atoms with Crippen molar-refractivity contribution in [1.29, 1.82) is 0 Å². The van der Waals surface area contributed by atoms with Crippen LogP contribution in [0.1, 0.15) is 12.0 Å². The van der Waals surface area contributed by atoms with Crippen LogP contribution in [0.25, 0.3) is 0 Å². The van der Waals surface area contributed by atoms with Gasteiger partial charge in [0.25, 0.3) is 5.91 Å².